The van der Waals surface area contributed by atoms with Crippen LogP contribution in [0.2, 0.25) is 0 Å². The third-order valence-corrected chi connectivity index (χ3v) is 3.91. The van der Waals surface area contributed by atoms with Gasteiger partial charge in [-0.05, 0) is 45.3 Å². The molecule has 1 saturated heterocycles. The lowest BCUT2D eigenvalue weighted by atomic mass is 9.79. The lowest BCUT2D eigenvalue weighted by Crippen LogP contribution is -2.41. The van der Waals surface area contributed by atoms with Crippen LogP contribution in [0.25, 0.3) is 0 Å². The van der Waals surface area contributed by atoms with E-state index in [1.165, 1.54) is 12.1 Å². The van der Waals surface area contributed by atoms with Crippen molar-refractivity contribution in [3.63, 3.8) is 0 Å². The lowest BCUT2D eigenvalue weighted by Gasteiger charge is -2.32. The number of rotatable bonds is 4. The van der Waals surface area contributed by atoms with Crippen LogP contribution in [0.5, 0.6) is 5.75 Å². The number of halogens is 2. The van der Waals surface area contributed by atoms with Crippen molar-refractivity contribution in [3.8, 4) is 5.75 Å². The number of benzene rings is 1. The van der Waals surface area contributed by atoms with Gasteiger partial charge in [-0.25, -0.2) is 0 Å². The molecular formula is C14H20BF2NO3. The van der Waals surface area contributed by atoms with Crippen LogP contribution < -0.4 is 15.9 Å². The molecule has 0 spiro atoms. The van der Waals surface area contributed by atoms with Crippen molar-refractivity contribution in [2.24, 2.45) is 5.73 Å². The summed E-state index contributed by atoms with van der Waals surface area (Å²) in [5, 5.41) is 0. The van der Waals surface area contributed by atoms with Gasteiger partial charge in [0.15, 0.2) is 0 Å². The van der Waals surface area contributed by atoms with Gasteiger partial charge in [0.25, 0.3) is 0 Å². The van der Waals surface area contributed by atoms with Crippen LogP contribution in [0.3, 0.4) is 0 Å². The minimum atomic E-state index is -3.37. The average Bonchev–Trinajstić information content (AvgIpc) is 2.59. The summed E-state index contributed by atoms with van der Waals surface area (Å²) in [7, 11) is -0.529. The van der Waals surface area contributed by atoms with E-state index in [1.807, 2.05) is 27.7 Å². The van der Waals surface area contributed by atoms with E-state index in [4.69, 9.17) is 15.0 Å². The Kier molecular flexibility index (Phi) is 4.03. The molecule has 0 radical (unpaired) electrons. The van der Waals surface area contributed by atoms with E-state index in [0.29, 0.717) is 0 Å². The summed E-state index contributed by atoms with van der Waals surface area (Å²) in [6, 6.07) is 6.18. The molecule has 1 aliphatic heterocycles. The highest BCUT2D eigenvalue weighted by atomic mass is 19.3. The molecule has 7 heteroatoms. The van der Waals surface area contributed by atoms with Crippen LogP contribution in [0.1, 0.15) is 27.7 Å². The van der Waals surface area contributed by atoms with E-state index in [1.54, 1.807) is 12.1 Å². The van der Waals surface area contributed by atoms with E-state index in [2.05, 4.69) is 4.74 Å². The average molecular weight is 299 g/mol. The van der Waals surface area contributed by atoms with Crippen LogP contribution in [-0.2, 0) is 9.31 Å². The number of alkyl halides is 2. The Bertz CT molecular complexity index is 489. The van der Waals surface area contributed by atoms with Gasteiger partial charge >= 0.3 is 13.2 Å². The van der Waals surface area contributed by atoms with Crippen molar-refractivity contribution in [2.75, 3.05) is 6.54 Å². The SMILES string of the molecule is CC1(C)OB(c2ccc(OC(F)(F)CN)cc2)OC1(C)C. The number of hydrogen-bond acceptors (Lipinski definition) is 4. The van der Waals surface area contributed by atoms with E-state index < -0.39 is 31.0 Å². The van der Waals surface area contributed by atoms with Gasteiger partial charge < -0.3 is 19.8 Å². The summed E-state index contributed by atoms with van der Waals surface area (Å²) in [5.74, 6) is 0.0470. The van der Waals surface area contributed by atoms with Gasteiger partial charge in [-0.15, -0.1) is 0 Å². The monoisotopic (exact) mass is 299 g/mol. The van der Waals surface area contributed by atoms with Crippen molar-refractivity contribution in [3.05, 3.63) is 24.3 Å². The van der Waals surface area contributed by atoms with E-state index in [0.717, 1.165) is 5.46 Å². The van der Waals surface area contributed by atoms with Gasteiger partial charge in [0.05, 0.1) is 17.7 Å². The minimum Gasteiger partial charge on any atom is -0.432 e. The highest BCUT2D eigenvalue weighted by molar-refractivity contribution is 6.62. The van der Waals surface area contributed by atoms with Gasteiger partial charge in [0.1, 0.15) is 5.75 Å². The van der Waals surface area contributed by atoms with Crippen LogP contribution in [0, 0.1) is 0 Å². The second-order valence-electron chi connectivity index (χ2n) is 6.10. The molecule has 1 aliphatic rings. The quantitative estimate of drug-likeness (QED) is 0.863. The molecule has 0 atom stereocenters. The summed E-state index contributed by atoms with van der Waals surface area (Å²) >= 11 is 0. The maximum Gasteiger partial charge on any atom is 0.494 e. The molecule has 4 nitrogen and oxygen atoms in total. The predicted molar refractivity (Wildman–Crippen MR) is 76.8 cm³/mol. The Balaban J connectivity index is 2.11. The van der Waals surface area contributed by atoms with Crippen molar-refractivity contribution >= 4 is 12.6 Å². The second-order valence-corrected chi connectivity index (χ2v) is 6.10. The number of hydrogen-bond donors (Lipinski definition) is 1. The van der Waals surface area contributed by atoms with E-state index in [-0.39, 0.29) is 5.75 Å². The van der Waals surface area contributed by atoms with Crippen LogP contribution >= 0.6 is 0 Å². The van der Waals surface area contributed by atoms with Crippen LogP contribution in [0.15, 0.2) is 24.3 Å². The Morgan fingerprint density at radius 1 is 1.10 bits per heavy atom. The molecule has 0 aliphatic carbocycles. The third kappa shape index (κ3) is 3.36. The smallest absolute Gasteiger partial charge is 0.432 e. The fourth-order valence-corrected chi connectivity index (χ4v) is 1.89. The molecule has 2 rings (SSSR count). The zero-order valence-electron chi connectivity index (χ0n) is 12.7. The topological polar surface area (TPSA) is 53.7 Å². The molecule has 0 amide bonds. The third-order valence-electron chi connectivity index (χ3n) is 3.91. The summed E-state index contributed by atoms with van der Waals surface area (Å²) < 4.78 is 42.4. The Morgan fingerprint density at radius 3 is 2.00 bits per heavy atom. The summed E-state index contributed by atoms with van der Waals surface area (Å²) in [4.78, 5) is 0. The molecule has 116 valence electrons. The normalized spacial score (nSPS) is 20.6. The van der Waals surface area contributed by atoms with E-state index in [9.17, 15) is 8.78 Å². The highest BCUT2D eigenvalue weighted by Gasteiger charge is 2.51. The molecule has 1 fully saturated rings. The van der Waals surface area contributed by atoms with Crippen molar-refractivity contribution < 1.29 is 22.8 Å². The molecule has 0 unspecified atom stereocenters. The fourth-order valence-electron chi connectivity index (χ4n) is 1.89. The number of ether oxygens (including phenoxy) is 1. The molecular weight excluding hydrogens is 279 g/mol. The first-order valence-corrected chi connectivity index (χ1v) is 6.79. The second kappa shape index (κ2) is 5.23. The standard InChI is InChI=1S/C14H20BF2NO3/c1-12(2)13(3,4)21-15(20-12)10-5-7-11(8-6-10)19-14(16,17)9-18/h5-8H,9,18H2,1-4H3. The zero-order valence-corrected chi connectivity index (χ0v) is 12.7. The molecule has 0 bridgehead atoms. The molecule has 1 aromatic rings. The highest BCUT2D eigenvalue weighted by Crippen LogP contribution is 2.36. The molecule has 2 N–H and O–H groups in total. The van der Waals surface area contributed by atoms with Crippen LogP contribution in [-0.4, -0.2) is 31.0 Å². The predicted octanol–water partition coefficient (Wildman–Crippen LogP) is 1.92. The Hall–Kier alpha value is -1.18. The van der Waals surface area contributed by atoms with Crippen molar-refractivity contribution in [2.45, 2.75) is 45.0 Å². The van der Waals surface area contributed by atoms with Gasteiger partial charge in [-0.3, -0.25) is 0 Å². The summed E-state index contributed by atoms with van der Waals surface area (Å²) in [6.07, 6.45) is -3.37. The Labute approximate surface area is 123 Å². The first kappa shape index (κ1) is 16.2. The van der Waals surface area contributed by atoms with Crippen molar-refractivity contribution in [1.82, 2.24) is 0 Å². The van der Waals surface area contributed by atoms with Gasteiger partial charge in [-0.1, -0.05) is 12.1 Å². The fraction of sp³-hybridized carbons (Fsp3) is 0.571. The summed E-state index contributed by atoms with van der Waals surface area (Å²) in [5.41, 5.74) is 4.79. The maximum absolute atomic E-state index is 13.0. The largest absolute Gasteiger partial charge is 0.494 e. The first-order chi connectivity index (χ1) is 9.56. The van der Waals surface area contributed by atoms with Gasteiger partial charge in [-0.2, -0.15) is 8.78 Å². The zero-order chi connectivity index (χ0) is 15.9. The van der Waals surface area contributed by atoms with Crippen molar-refractivity contribution in [1.29, 1.82) is 0 Å². The molecule has 0 saturated carbocycles. The first-order valence-electron chi connectivity index (χ1n) is 6.79. The molecule has 1 heterocycles. The van der Waals surface area contributed by atoms with Crippen LogP contribution in [0.4, 0.5) is 8.78 Å². The molecule has 0 aromatic heterocycles. The van der Waals surface area contributed by atoms with Gasteiger partial charge in [0.2, 0.25) is 0 Å². The summed E-state index contributed by atoms with van der Waals surface area (Å²) in [6.45, 7) is 6.93. The minimum absolute atomic E-state index is 0.0470. The Morgan fingerprint density at radius 2 is 1.57 bits per heavy atom. The number of nitrogens with two attached hydrogens (primary N) is 1. The van der Waals surface area contributed by atoms with E-state index >= 15 is 0 Å². The lowest BCUT2D eigenvalue weighted by molar-refractivity contribution is -0.166. The molecule has 1 aromatic carbocycles. The molecule has 21 heavy (non-hydrogen) atoms. The maximum atomic E-state index is 13.0. The van der Waals surface area contributed by atoms with Gasteiger partial charge in [0, 0.05) is 0 Å².